The molecular formula is C34H33ClF3N3O3S. The first-order chi connectivity index (χ1) is 21.5. The number of nitrogens with zero attached hydrogens (tertiary/aromatic N) is 1. The lowest BCUT2D eigenvalue weighted by Gasteiger charge is -2.40. The van der Waals surface area contributed by atoms with Crippen molar-refractivity contribution in [3.8, 4) is 0 Å². The molecule has 236 valence electrons. The number of halogens is 4. The van der Waals surface area contributed by atoms with Crippen molar-refractivity contribution in [1.29, 1.82) is 0 Å². The SMILES string of the molecule is CC1CNCC(CCc2c(F)cccc2NC(=O)CC(c2cccc(F)c2)c2cccc(F)c2)N1S(=O)(=O)c1ccccc1Cl. The molecule has 6 nitrogen and oxygen atoms in total. The van der Waals surface area contributed by atoms with Crippen LogP contribution in [0.3, 0.4) is 0 Å². The van der Waals surface area contributed by atoms with Crippen LogP contribution in [0.25, 0.3) is 0 Å². The van der Waals surface area contributed by atoms with Gasteiger partial charge in [-0.25, -0.2) is 21.6 Å². The van der Waals surface area contributed by atoms with Gasteiger partial charge in [0.1, 0.15) is 22.3 Å². The van der Waals surface area contributed by atoms with Crippen molar-refractivity contribution in [2.24, 2.45) is 0 Å². The van der Waals surface area contributed by atoms with Crippen LogP contribution in [0.2, 0.25) is 5.02 Å². The second-order valence-electron chi connectivity index (χ2n) is 11.1. The van der Waals surface area contributed by atoms with Crippen LogP contribution in [0, 0.1) is 17.5 Å². The number of carbonyl (C=O) groups is 1. The minimum absolute atomic E-state index is 0.00964. The second-order valence-corrected chi connectivity index (χ2v) is 13.4. The van der Waals surface area contributed by atoms with Gasteiger partial charge in [0.05, 0.1) is 5.02 Å². The molecule has 1 saturated heterocycles. The molecule has 0 radical (unpaired) electrons. The molecule has 1 aliphatic rings. The van der Waals surface area contributed by atoms with Gasteiger partial charge in [-0.15, -0.1) is 0 Å². The Kier molecular flexibility index (Phi) is 10.3. The van der Waals surface area contributed by atoms with Crippen LogP contribution in [0.4, 0.5) is 18.9 Å². The predicted molar refractivity (Wildman–Crippen MR) is 169 cm³/mol. The molecule has 1 aliphatic heterocycles. The summed E-state index contributed by atoms with van der Waals surface area (Å²) in [6.07, 6.45) is 0.240. The lowest BCUT2D eigenvalue weighted by Crippen LogP contribution is -2.58. The van der Waals surface area contributed by atoms with Crippen LogP contribution in [-0.4, -0.2) is 43.8 Å². The van der Waals surface area contributed by atoms with Crippen LogP contribution in [-0.2, 0) is 21.2 Å². The lowest BCUT2D eigenvalue weighted by molar-refractivity contribution is -0.116. The Balaban J connectivity index is 1.36. The molecule has 2 N–H and O–H groups in total. The number of amides is 1. The summed E-state index contributed by atoms with van der Waals surface area (Å²) in [5.41, 5.74) is 1.46. The average molecular weight is 656 g/mol. The topological polar surface area (TPSA) is 78.5 Å². The minimum atomic E-state index is -3.96. The van der Waals surface area contributed by atoms with Gasteiger partial charge < -0.3 is 10.6 Å². The standard InChI is InChI=1S/C34H33ClF3N3O3S/c1-22-20-39-21-27(41(22)45(43,44)33-14-3-2-11-30(33)35)15-16-28-31(38)12-6-13-32(28)40-34(42)19-29(23-7-4-9-25(36)17-23)24-8-5-10-26(37)18-24/h2-14,17-18,22,27,29,39H,15-16,19-21H2,1H3,(H,40,42). The quantitative estimate of drug-likeness (QED) is 0.195. The smallest absolute Gasteiger partial charge is 0.245 e. The number of hydrogen-bond donors (Lipinski definition) is 2. The van der Waals surface area contributed by atoms with Gasteiger partial charge in [-0.1, -0.05) is 54.1 Å². The molecule has 45 heavy (non-hydrogen) atoms. The molecule has 0 saturated carbocycles. The number of piperazine rings is 1. The van der Waals surface area contributed by atoms with E-state index in [1.54, 1.807) is 37.3 Å². The highest BCUT2D eigenvalue weighted by Gasteiger charge is 2.38. The van der Waals surface area contributed by atoms with Crippen LogP contribution in [0.15, 0.2) is 95.9 Å². The monoisotopic (exact) mass is 655 g/mol. The van der Waals surface area contributed by atoms with E-state index in [1.165, 1.54) is 65.0 Å². The zero-order valence-electron chi connectivity index (χ0n) is 24.5. The fourth-order valence-electron chi connectivity index (χ4n) is 5.93. The summed E-state index contributed by atoms with van der Waals surface area (Å²) in [5, 5.41) is 6.17. The van der Waals surface area contributed by atoms with Crippen LogP contribution in [0.5, 0.6) is 0 Å². The highest BCUT2D eigenvalue weighted by Crippen LogP contribution is 2.32. The van der Waals surface area contributed by atoms with Crippen molar-refractivity contribution in [3.05, 3.63) is 130 Å². The first-order valence-electron chi connectivity index (χ1n) is 14.6. The molecule has 5 rings (SSSR count). The largest absolute Gasteiger partial charge is 0.326 e. The number of hydrogen-bond acceptors (Lipinski definition) is 4. The average Bonchev–Trinajstić information content (AvgIpc) is 2.99. The van der Waals surface area contributed by atoms with Crippen molar-refractivity contribution in [2.75, 3.05) is 18.4 Å². The lowest BCUT2D eigenvalue weighted by atomic mass is 9.88. The Morgan fingerprint density at radius 1 is 0.933 bits per heavy atom. The van der Waals surface area contributed by atoms with E-state index in [1.807, 2.05) is 0 Å². The molecule has 0 aromatic heterocycles. The number of benzene rings is 4. The molecule has 11 heteroatoms. The summed E-state index contributed by atoms with van der Waals surface area (Å²) in [6, 6.07) is 21.3. The Bertz CT molecular complexity index is 1740. The Morgan fingerprint density at radius 3 is 2.22 bits per heavy atom. The van der Waals surface area contributed by atoms with Crippen molar-refractivity contribution in [1.82, 2.24) is 9.62 Å². The highest BCUT2D eigenvalue weighted by atomic mass is 35.5. The molecule has 0 aliphatic carbocycles. The summed E-state index contributed by atoms with van der Waals surface area (Å²) in [4.78, 5) is 13.4. The highest BCUT2D eigenvalue weighted by molar-refractivity contribution is 7.89. The fraction of sp³-hybridized carbons (Fsp3) is 0.265. The normalized spacial score (nSPS) is 17.4. The maximum Gasteiger partial charge on any atom is 0.245 e. The van der Waals surface area contributed by atoms with Gasteiger partial charge in [0.2, 0.25) is 15.9 Å². The van der Waals surface area contributed by atoms with Gasteiger partial charge in [-0.3, -0.25) is 4.79 Å². The van der Waals surface area contributed by atoms with E-state index >= 15 is 4.39 Å². The number of rotatable bonds is 10. The van der Waals surface area contributed by atoms with Crippen LogP contribution < -0.4 is 10.6 Å². The maximum atomic E-state index is 15.3. The maximum absolute atomic E-state index is 15.3. The third-order valence-corrected chi connectivity index (χ3v) is 10.6. The first kappa shape index (κ1) is 32.7. The molecule has 2 unspecified atom stereocenters. The summed E-state index contributed by atoms with van der Waals surface area (Å²) >= 11 is 6.27. The molecular weight excluding hydrogens is 623 g/mol. The van der Waals surface area contributed by atoms with E-state index in [2.05, 4.69) is 10.6 Å². The number of anilines is 1. The summed E-state index contributed by atoms with van der Waals surface area (Å²) in [7, 11) is -3.96. The number of nitrogens with one attached hydrogen (secondary N) is 2. The van der Waals surface area contributed by atoms with E-state index in [9.17, 15) is 22.0 Å². The van der Waals surface area contributed by atoms with Crippen molar-refractivity contribution in [2.45, 2.75) is 49.1 Å². The Hall–Kier alpha value is -3.70. The molecule has 1 heterocycles. The third-order valence-electron chi connectivity index (χ3n) is 8.02. The number of carbonyl (C=O) groups excluding carboxylic acids is 1. The summed E-state index contributed by atoms with van der Waals surface area (Å²) in [5.74, 6) is -2.65. The van der Waals surface area contributed by atoms with Crippen molar-refractivity contribution >= 4 is 33.2 Å². The van der Waals surface area contributed by atoms with E-state index in [4.69, 9.17) is 11.6 Å². The third kappa shape index (κ3) is 7.58. The second kappa shape index (κ2) is 14.2. The molecule has 1 fully saturated rings. The molecule has 2 atom stereocenters. The minimum Gasteiger partial charge on any atom is -0.326 e. The van der Waals surface area contributed by atoms with Gasteiger partial charge in [-0.2, -0.15) is 4.31 Å². The summed E-state index contributed by atoms with van der Waals surface area (Å²) < 4.78 is 72.4. The Labute approximate surface area is 266 Å². The van der Waals surface area contributed by atoms with E-state index < -0.39 is 45.3 Å². The Morgan fingerprint density at radius 2 is 1.58 bits per heavy atom. The summed E-state index contributed by atoms with van der Waals surface area (Å²) in [6.45, 7) is 2.60. The van der Waals surface area contributed by atoms with Gasteiger partial charge in [0.25, 0.3) is 0 Å². The predicted octanol–water partition coefficient (Wildman–Crippen LogP) is 6.90. The van der Waals surface area contributed by atoms with E-state index in [-0.39, 0.29) is 46.5 Å². The molecule has 0 bridgehead atoms. The van der Waals surface area contributed by atoms with E-state index in [0.29, 0.717) is 24.2 Å². The zero-order valence-corrected chi connectivity index (χ0v) is 26.1. The fourth-order valence-corrected chi connectivity index (χ4v) is 8.27. The molecule has 4 aromatic carbocycles. The van der Waals surface area contributed by atoms with Gasteiger partial charge >= 0.3 is 0 Å². The zero-order chi connectivity index (χ0) is 32.1. The van der Waals surface area contributed by atoms with Gasteiger partial charge in [-0.05, 0) is 79.4 Å². The van der Waals surface area contributed by atoms with Crippen LogP contribution >= 0.6 is 11.6 Å². The van der Waals surface area contributed by atoms with Crippen molar-refractivity contribution < 1.29 is 26.4 Å². The van der Waals surface area contributed by atoms with Crippen LogP contribution in [0.1, 0.15) is 42.4 Å². The number of sulfonamides is 1. The van der Waals surface area contributed by atoms with Gasteiger partial charge in [0, 0.05) is 48.8 Å². The molecule has 4 aromatic rings. The molecule has 0 spiro atoms. The first-order valence-corrected chi connectivity index (χ1v) is 16.4. The van der Waals surface area contributed by atoms with Gasteiger partial charge in [0.15, 0.2) is 0 Å². The van der Waals surface area contributed by atoms with E-state index in [0.717, 1.165) is 0 Å². The van der Waals surface area contributed by atoms with Crippen molar-refractivity contribution in [3.63, 3.8) is 0 Å². The molecule has 1 amide bonds.